The second kappa shape index (κ2) is 32.4. The molecule has 9 aromatic heterocycles. The standard InChI is InChI=1S/C48H28N2O.2C45H25NO2/c1-2-13-29(14-3-1)46-40-28-39(32-17-4-5-19-34(32)44(40)36-20-6-9-22-41(36)49-46)30-15-12-16-31(27-30)47-38-26-25-35-33-18-8-11-24-43(33)51-48(35)45(38)37-21-7-10-23-42(37)50-47;1-3-14-30-26(10-1)20-23-39-41(30)42-31-15-4-2-11-28(31)25-36(45(42)48-39)27-12-9-13-29(24-27)43-35-22-21-33-32-16-6-8-19-38(32)47-44(33)40(35)34-17-5-7-18-37(34)46-43;1-2-11-27-25-40-37(23-26(27)10-1)41-31-15-4-3-12-29(31)24-36(45(41)48-40)28-13-9-14-30(22-28)43-35-21-20-33-32-16-6-8-19-39(32)47-44(33)42(35)34-17-5-7-18-38(34)46-43/h1-28H;2*1-25H. The van der Waals surface area contributed by atoms with E-state index in [4.69, 9.17) is 42.0 Å². The SMILES string of the molecule is c1cc(-c2nc3ccccc3c3c2ccc2c4ccccc4oc23)cc(-c2cc3ccccc3c3c2oc2cc4ccccc4cc23)c1.c1cc(-c2nc3ccccc3c3c2ccc2c4ccccc4oc23)cc(-c2cc3ccccc3c3c2oc2ccc4ccccc4c23)c1.c1ccc(-c2nc3ccccc3c3c2cc(-c2cccc(-c4nc5ccccc5c5c4ccc4c6ccccc6oc45)c2)c2ccccc23)cc1. The molecule has 24 aromatic carbocycles. The molecule has 33 aromatic rings. The molecule has 0 spiro atoms. The fourth-order valence-corrected chi connectivity index (χ4v) is 23.8. The Labute approximate surface area is 837 Å². The molecule has 0 aliphatic heterocycles. The summed E-state index contributed by atoms with van der Waals surface area (Å²) >= 11 is 0. The number of pyridine rings is 4. The fourth-order valence-electron chi connectivity index (χ4n) is 23.8. The van der Waals surface area contributed by atoms with Gasteiger partial charge in [-0.2, -0.15) is 0 Å². The normalized spacial score (nSPS) is 12.1. The fraction of sp³-hybridized carbons (Fsp3) is 0. The van der Waals surface area contributed by atoms with Gasteiger partial charge in [0, 0.05) is 152 Å². The third-order valence-electron chi connectivity index (χ3n) is 30.4. The molecule has 0 saturated heterocycles. The van der Waals surface area contributed by atoms with Gasteiger partial charge in [-0.15, -0.1) is 0 Å². The molecule has 0 unspecified atom stereocenters. The molecule has 0 fully saturated rings. The quantitative estimate of drug-likeness (QED) is 0.144. The Kier molecular flexibility index (Phi) is 18.1. The first-order chi connectivity index (χ1) is 72.9. The molecule has 680 valence electrons. The Morgan fingerprint density at radius 2 is 0.435 bits per heavy atom. The Hall–Kier alpha value is -19.7. The van der Waals surface area contributed by atoms with E-state index in [-0.39, 0.29) is 0 Å². The zero-order valence-corrected chi connectivity index (χ0v) is 78.9. The van der Waals surface area contributed by atoms with Gasteiger partial charge in [-0.05, 0) is 191 Å². The molecule has 9 heterocycles. The topological polar surface area (TPSA) is 117 Å². The van der Waals surface area contributed by atoms with Crippen LogP contribution in [0.15, 0.2) is 495 Å². The average molecular weight is 1870 g/mol. The largest absolute Gasteiger partial charge is 0.455 e. The van der Waals surface area contributed by atoms with Crippen molar-refractivity contribution in [3.63, 3.8) is 0 Å². The smallest absolute Gasteiger partial charge is 0.144 e. The Bertz CT molecular complexity index is 11400. The molecule has 9 nitrogen and oxygen atoms in total. The van der Waals surface area contributed by atoms with Gasteiger partial charge in [0.2, 0.25) is 0 Å². The van der Waals surface area contributed by atoms with Gasteiger partial charge in [-0.25, -0.2) is 19.9 Å². The van der Waals surface area contributed by atoms with Crippen molar-refractivity contribution in [2.45, 2.75) is 0 Å². The number of nitrogens with zero attached hydrogens (tertiary/aromatic N) is 4. The number of rotatable bonds is 7. The summed E-state index contributed by atoms with van der Waals surface area (Å²) in [5, 5.41) is 36.5. The highest BCUT2D eigenvalue weighted by atomic mass is 16.3. The van der Waals surface area contributed by atoms with Crippen LogP contribution in [-0.2, 0) is 0 Å². The number of hydrogen-bond acceptors (Lipinski definition) is 9. The molecule has 0 aliphatic carbocycles. The minimum atomic E-state index is 0.892. The van der Waals surface area contributed by atoms with Crippen LogP contribution in [0, 0.1) is 0 Å². The van der Waals surface area contributed by atoms with Crippen LogP contribution in [0.4, 0.5) is 0 Å². The first-order valence-corrected chi connectivity index (χ1v) is 49.9. The number of hydrogen-bond donors (Lipinski definition) is 0. The van der Waals surface area contributed by atoms with E-state index in [1.807, 2.05) is 36.4 Å². The highest BCUT2D eigenvalue weighted by Gasteiger charge is 2.28. The lowest BCUT2D eigenvalue weighted by Gasteiger charge is -2.17. The molecule has 0 atom stereocenters. The van der Waals surface area contributed by atoms with Crippen LogP contribution in [0.25, 0.3) is 329 Å². The molecular weight excluding hydrogens is 1790 g/mol. The lowest BCUT2D eigenvalue weighted by Crippen LogP contribution is -1.93. The van der Waals surface area contributed by atoms with Crippen molar-refractivity contribution < 1.29 is 22.1 Å². The second-order valence-corrected chi connectivity index (χ2v) is 38.6. The van der Waals surface area contributed by atoms with Crippen molar-refractivity contribution in [3.05, 3.63) is 473 Å². The Morgan fingerprint density at radius 1 is 0.122 bits per heavy atom. The van der Waals surface area contributed by atoms with Gasteiger partial charge in [0.15, 0.2) is 0 Å². The summed E-state index contributed by atoms with van der Waals surface area (Å²) in [6.45, 7) is 0. The van der Waals surface area contributed by atoms with Gasteiger partial charge in [0.25, 0.3) is 0 Å². The van der Waals surface area contributed by atoms with Crippen LogP contribution < -0.4 is 0 Å². The molecule has 0 aliphatic rings. The van der Waals surface area contributed by atoms with Crippen molar-refractivity contribution >= 4 is 250 Å². The summed E-state index contributed by atoms with van der Waals surface area (Å²) in [6, 6.07) is 167. The predicted octanol–water partition coefficient (Wildman–Crippen LogP) is 38.8. The van der Waals surface area contributed by atoms with Crippen LogP contribution in [0.1, 0.15) is 0 Å². The van der Waals surface area contributed by atoms with Crippen molar-refractivity contribution in [1.29, 1.82) is 0 Å². The number of para-hydroxylation sites is 7. The third-order valence-corrected chi connectivity index (χ3v) is 30.4. The van der Waals surface area contributed by atoms with Crippen LogP contribution >= 0.6 is 0 Å². The van der Waals surface area contributed by atoms with Crippen LogP contribution in [0.2, 0.25) is 0 Å². The van der Waals surface area contributed by atoms with Crippen molar-refractivity contribution in [2.75, 3.05) is 0 Å². The van der Waals surface area contributed by atoms with Gasteiger partial charge in [-0.3, -0.25) is 0 Å². The van der Waals surface area contributed by atoms with Gasteiger partial charge in [-0.1, -0.05) is 358 Å². The second-order valence-electron chi connectivity index (χ2n) is 38.6. The highest BCUT2D eigenvalue weighted by Crippen LogP contribution is 2.52. The lowest BCUT2D eigenvalue weighted by atomic mass is 9.89. The molecule has 0 saturated carbocycles. The summed E-state index contributed by atoms with van der Waals surface area (Å²) in [5.74, 6) is 0. The minimum Gasteiger partial charge on any atom is -0.455 e. The minimum absolute atomic E-state index is 0.892. The molecule has 33 rings (SSSR count). The Morgan fingerprint density at radius 3 is 0.905 bits per heavy atom. The summed E-state index contributed by atoms with van der Waals surface area (Å²) in [7, 11) is 0. The zero-order valence-electron chi connectivity index (χ0n) is 78.9. The monoisotopic (exact) mass is 1870 g/mol. The molecule has 0 N–H and O–H groups in total. The average Bonchev–Trinajstić information content (AvgIpc) is 1.70. The molecular formula is C138H78N4O5. The van der Waals surface area contributed by atoms with E-state index in [0.29, 0.717) is 0 Å². The van der Waals surface area contributed by atoms with Crippen molar-refractivity contribution in [3.8, 4) is 78.4 Å². The summed E-state index contributed by atoms with van der Waals surface area (Å²) in [4.78, 5) is 21.2. The number of aromatic nitrogens is 4. The van der Waals surface area contributed by atoms with Gasteiger partial charge >= 0.3 is 0 Å². The van der Waals surface area contributed by atoms with Crippen LogP contribution in [0.5, 0.6) is 0 Å². The first-order valence-electron chi connectivity index (χ1n) is 49.9. The van der Waals surface area contributed by atoms with Gasteiger partial charge < -0.3 is 22.1 Å². The molecule has 147 heavy (non-hydrogen) atoms. The van der Waals surface area contributed by atoms with Crippen LogP contribution in [0.3, 0.4) is 0 Å². The van der Waals surface area contributed by atoms with E-state index in [1.165, 1.54) is 64.8 Å². The number of furan rings is 5. The van der Waals surface area contributed by atoms with E-state index < -0.39 is 0 Å². The maximum atomic E-state index is 6.78. The number of fused-ring (bicyclic) bond motifs is 39. The summed E-state index contributed by atoms with van der Waals surface area (Å²) in [6.07, 6.45) is 0. The van der Waals surface area contributed by atoms with E-state index in [2.05, 4.69) is 437 Å². The molecule has 9 heteroatoms. The Balaban J connectivity index is 0.0000001000. The first kappa shape index (κ1) is 82.0. The van der Waals surface area contributed by atoms with Crippen molar-refractivity contribution in [2.24, 2.45) is 0 Å². The summed E-state index contributed by atoms with van der Waals surface area (Å²) in [5.41, 5.74) is 27.4. The van der Waals surface area contributed by atoms with Crippen LogP contribution in [-0.4, -0.2) is 19.9 Å². The van der Waals surface area contributed by atoms with E-state index >= 15 is 0 Å². The lowest BCUT2D eigenvalue weighted by molar-refractivity contribution is 0.670. The predicted molar refractivity (Wildman–Crippen MR) is 613 cm³/mol. The molecule has 0 amide bonds. The van der Waals surface area contributed by atoms with Gasteiger partial charge in [0.1, 0.15) is 55.8 Å². The highest BCUT2D eigenvalue weighted by molar-refractivity contribution is 6.33. The summed E-state index contributed by atoms with van der Waals surface area (Å²) < 4.78 is 33.3. The van der Waals surface area contributed by atoms with E-state index in [9.17, 15) is 0 Å². The number of benzene rings is 24. The van der Waals surface area contributed by atoms with Gasteiger partial charge in [0.05, 0.1) is 44.8 Å². The maximum absolute atomic E-state index is 6.78. The third kappa shape index (κ3) is 12.8. The molecule has 0 radical (unpaired) electrons. The van der Waals surface area contributed by atoms with E-state index in [1.54, 1.807) is 0 Å². The maximum Gasteiger partial charge on any atom is 0.144 e. The van der Waals surface area contributed by atoms with E-state index in [0.717, 1.165) is 264 Å². The zero-order chi connectivity index (χ0) is 96.2. The molecule has 0 bridgehead atoms. The van der Waals surface area contributed by atoms with Crippen molar-refractivity contribution in [1.82, 2.24) is 19.9 Å².